The lowest BCUT2D eigenvalue weighted by atomic mass is 9.74. The number of hydrogen-bond acceptors (Lipinski definition) is 4. The first-order chi connectivity index (χ1) is 15.6. The number of aliphatic hydroxyl groups excluding tert-OH is 1. The van der Waals surface area contributed by atoms with Crippen molar-refractivity contribution in [3.63, 3.8) is 0 Å². The Labute approximate surface area is 190 Å². The Bertz CT molecular complexity index is 926. The van der Waals surface area contributed by atoms with Crippen molar-refractivity contribution in [1.29, 1.82) is 0 Å². The minimum atomic E-state index is -0.0772. The summed E-state index contributed by atoms with van der Waals surface area (Å²) < 4.78 is 5.20. The van der Waals surface area contributed by atoms with E-state index in [2.05, 4.69) is 40.6 Å². The van der Waals surface area contributed by atoms with E-state index in [-0.39, 0.29) is 30.6 Å². The molecule has 0 aromatic heterocycles. The molecule has 2 aliphatic rings. The number of benzene rings is 2. The summed E-state index contributed by atoms with van der Waals surface area (Å²) in [4.78, 5) is 17.4. The van der Waals surface area contributed by atoms with Crippen molar-refractivity contribution >= 4 is 17.8 Å². The Morgan fingerprint density at radius 1 is 1.12 bits per heavy atom. The molecule has 2 aromatic rings. The number of allylic oxidation sites excluding steroid dienone is 1. The van der Waals surface area contributed by atoms with Gasteiger partial charge < -0.3 is 20.1 Å². The molecule has 170 valence electrons. The van der Waals surface area contributed by atoms with Crippen LogP contribution in [0.15, 0.2) is 54.6 Å². The predicted octanol–water partition coefficient (Wildman–Crippen LogP) is 4.18. The molecule has 2 fully saturated rings. The molecule has 0 saturated carbocycles. The van der Waals surface area contributed by atoms with Crippen molar-refractivity contribution in [3.05, 3.63) is 65.7 Å². The van der Waals surface area contributed by atoms with Gasteiger partial charge in [-0.2, -0.15) is 0 Å². The summed E-state index contributed by atoms with van der Waals surface area (Å²) in [7, 11) is 1.63. The molecule has 2 aliphatic heterocycles. The van der Waals surface area contributed by atoms with Crippen LogP contribution in [0.2, 0.25) is 0 Å². The average molecular weight is 436 g/mol. The molecule has 32 heavy (non-hydrogen) atoms. The van der Waals surface area contributed by atoms with Gasteiger partial charge in [0, 0.05) is 36.8 Å². The Morgan fingerprint density at radius 2 is 1.84 bits per heavy atom. The van der Waals surface area contributed by atoms with Crippen LogP contribution in [0.5, 0.6) is 5.75 Å². The molecule has 0 unspecified atom stereocenters. The summed E-state index contributed by atoms with van der Waals surface area (Å²) in [6.45, 7) is 4.51. The maximum absolute atomic E-state index is 13.1. The highest BCUT2D eigenvalue weighted by Gasteiger charge is 2.49. The molecule has 4 rings (SSSR count). The number of nitrogens with one attached hydrogen (secondary N) is 1. The number of urea groups is 1. The van der Waals surface area contributed by atoms with Crippen LogP contribution in [0, 0.1) is 0 Å². The third kappa shape index (κ3) is 4.66. The van der Waals surface area contributed by atoms with Crippen molar-refractivity contribution in [2.75, 3.05) is 38.7 Å². The first-order valence-electron chi connectivity index (χ1n) is 11.4. The second kappa shape index (κ2) is 10.2. The number of ether oxygens (including phenoxy) is 1. The molecule has 0 aliphatic carbocycles. The highest BCUT2D eigenvalue weighted by Crippen LogP contribution is 2.42. The molecule has 0 spiro atoms. The van der Waals surface area contributed by atoms with E-state index in [1.54, 1.807) is 7.11 Å². The van der Waals surface area contributed by atoms with Crippen molar-refractivity contribution in [3.8, 4) is 5.75 Å². The van der Waals surface area contributed by atoms with Gasteiger partial charge in [-0.05, 0) is 61.7 Å². The van der Waals surface area contributed by atoms with E-state index >= 15 is 0 Å². The van der Waals surface area contributed by atoms with Gasteiger partial charge in [0.05, 0.1) is 13.7 Å². The Balaban J connectivity index is 1.50. The fraction of sp³-hybridized carbons (Fsp3) is 0.423. The van der Waals surface area contributed by atoms with Gasteiger partial charge in [-0.3, -0.25) is 4.90 Å². The number of nitrogens with zero attached hydrogens (tertiary/aromatic N) is 2. The SMILES string of the molecule is C/C=C/c1ccc([C@@H]2[C@@H](CO)N3CCCCN(C(=O)Nc4ccc(OC)cc4)C[C@@H]23)cc1. The number of methoxy groups -OCH3 is 1. The summed E-state index contributed by atoms with van der Waals surface area (Å²) in [5.41, 5.74) is 3.16. The van der Waals surface area contributed by atoms with Crippen LogP contribution in [0.25, 0.3) is 6.08 Å². The van der Waals surface area contributed by atoms with Gasteiger partial charge in [-0.25, -0.2) is 4.79 Å². The summed E-state index contributed by atoms with van der Waals surface area (Å²) in [6, 6.07) is 16.2. The molecule has 3 atom stereocenters. The lowest BCUT2D eigenvalue weighted by molar-refractivity contribution is -0.0585. The zero-order valence-corrected chi connectivity index (χ0v) is 18.9. The molecule has 0 radical (unpaired) electrons. The van der Waals surface area contributed by atoms with Gasteiger partial charge in [0.2, 0.25) is 0 Å². The predicted molar refractivity (Wildman–Crippen MR) is 128 cm³/mol. The standard InChI is InChI=1S/C26H33N3O3/c1-3-6-19-7-9-20(10-8-19)25-23-17-28(15-4-5-16-29(23)24(25)18-30)26(31)27-21-11-13-22(32-2)14-12-21/h3,6-14,23-25,30H,4-5,15-18H2,1-2H3,(H,27,31)/b6-3+/t23-,24+,25-/m0/s1. The van der Waals surface area contributed by atoms with Gasteiger partial charge in [-0.15, -0.1) is 0 Å². The second-order valence-corrected chi connectivity index (χ2v) is 8.56. The molecule has 2 saturated heterocycles. The summed E-state index contributed by atoms with van der Waals surface area (Å²) >= 11 is 0. The zero-order valence-electron chi connectivity index (χ0n) is 18.9. The number of aliphatic hydroxyl groups is 1. The minimum absolute atomic E-state index is 0.0772. The number of amides is 2. The number of rotatable bonds is 5. The van der Waals surface area contributed by atoms with Crippen LogP contribution in [-0.2, 0) is 0 Å². The van der Waals surface area contributed by atoms with Crippen molar-refractivity contribution in [2.45, 2.75) is 37.8 Å². The fourth-order valence-corrected chi connectivity index (χ4v) is 5.02. The maximum Gasteiger partial charge on any atom is 0.321 e. The van der Waals surface area contributed by atoms with E-state index in [0.29, 0.717) is 6.54 Å². The van der Waals surface area contributed by atoms with E-state index in [0.717, 1.165) is 37.4 Å². The largest absolute Gasteiger partial charge is 0.497 e. The van der Waals surface area contributed by atoms with Crippen LogP contribution in [0.4, 0.5) is 10.5 Å². The number of anilines is 1. The van der Waals surface area contributed by atoms with Crippen LogP contribution < -0.4 is 10.1 Å². The number of fused-ring (bicyclic) bond motifs is 1. The Kier molecular flexibility index (Phi) is 7.12. The zero-order chi connectivity index (χ0) is 22.5. The highest BCUT2D eigenvalue weighted by molar-refractivity contribution is 5.89. The average Bonchev–Trinajstić information content (AvgIpc) is 2.79. The van der Waals surface area contributed by atoms with Gasteiger partial charge in [0.15, 0.2) is 0 Å². The molecule has 2 heterocycles. The van der Waals surface area contributed by atoms with Crippen LogP contribution in [0.3, 0.4) is 0 Å². The molecule has 0 bridgehead atoms. The monoisotopic (exact) mass is 435 g/mol. The Hall–Kier alpha value is -2.83. The first kappa shape index (κ1) is 22.4. The van der Waals surface area contributed by atoms with Crippen LogP contribution >= 0.6 is 0 Å². The summed E-state index contributed by atoms with van der Waals surface area (Å²) in [6.07, 6.45) is 6.10. The third-order valence-electron chi connectivity index (χ3n) is 6.68. The first-order valence-corrected chi connectivity index (χ1v) is 11.4. The van der Waals surface area contributed by atoms with E-state index in [9.17, 15) is 9.90 Å². The Morgan fingerprint density at radius 3 is 2.50 bits per heavy atom. The van der Waals surface area contributed by atoms with E-state index < -0.39 is 0 Å². The molecular formula is C26H33N3O3. The van der Waals surface area contributed by atoms with Crippen molar-refractivity contribution < 1.29 is 14.6 Å². The van der Waals surface area contributed by atoms with Gasteiger partial charge in [-0.1, -0.05) is 36.4 Å². The minimum Gasteiger partial charge on any atom is -0.497 e. The third-order valence-corrected chi connectivity index (χ3v) is 6.68. The smallest absolute Gasteiger partial charge is 0.321 e. The fourth-order valence-electron chi connectivity index (χ4n) is 5.02. The van der Waals surface area contributed by atoms with E-state index in [4.69, 9.17) is 4.74 Å². The summed E-state index contributed by atoms with van der Waals surface area (Å²) in [5, 5.41) is 13.1. The van der Waals surface area contributed by atoms with Gasteiger partial charge in [0.25, 0.3) is 0 Å². The molecule has 2 amide bonds. The molecule has 6 heteroatoms. The lowest BCUT2D eigenvalue weighted by Crippen LogP contribution is -2.68. The number of carbonyl (C=O) groups excluding carboxylic acids is 1. The number of carbonyl (C=O) groups is 1. The highest BCUT2D eigenvalue weighted by atomic mass is 16.5. The maximum atomic E-state index is 13.1. The van der Waals surface area contributed by atoms with Crippen LogP contribution in [-0.4, -0.2) is 66.4 Å². The van der Waals surface area contributed by atoms with Crippen LogP contribution in [0.1, 0.15) is 36.8 Å². The summed E-state index contributed by atoms with van der Waals surface area (Å²) in [5.74, 6) is 0.978. The normalized spacial score (nSPS) is 23.7. The topological polar surface area (TPSA) is 65.0 Å². The van der Waals surface area contributed by atoms with Gasteiger partial charge >= 0.3 is 6.03 Å². The van der Waals surface area contributed by atoms with E-state index in [1.165, 1.54) is 11.1 Å². The van der Waals surface area contributed by atoms with Gasteiger partial charge in [0.1, 0.15) is 5.75 Å². The van der Waals surface area contributed by atoms with Crippen molar-refractivity contribution in [1.82, 2.24) is 9.80 Å². The molecule has 2 aromatic carbocycles. The quantitative estimate of drug-likeness (QED) is 0.739. The number of hydrogen-bond donors (Lipinski definition) is 2. The lowest BCUT2D eigenvalue weighted by Gasteiger charge is -2.57. The molecule has 6 nitrogen and oxygen atoms in total. The van der Waals surface area contributed by atoms with Crippen molar-refractivity contribution in [2.24, 2.45) is 0 Å². The molecule has 2 N–H and O–H groups in total. The second-order valence-electron chi connectivity index (χ2n) is 8.56. The molecular weight excluding hydrogens is 402 g/mol. The van der Waals surface area contributed by atoms with E-state index in [1.807, 2.05) is 42.2 Å².